The first-order valence-electron chi connectivity index (χ1n) is 6.97. The Kier molecular flexibility index (Phi) is 5.33. The summed E-state index contributed by atoms with van der Waals surface area (Å²) >= 11 is 0. The van der Waals surface area contributed by atoms with E-state index in [2.05, 4.69) is 10.3 Å². The summed E-state index contributed by atoms with van der Waals surface area (Å²) in [5, 5.41) is 13.0. The summed E-state index contributed by atoms with van der Waals surface area (Å²) in [6.07, 6.45) is -4.18. The van der Waals surface area contributed by atoms with Crippen LogP contribution in [0.25, 0.3) is 0 Å². The summed E-state index contributed by atoms with van der Waals surface area (Å²) in [5.74, 6) is -0.426. The van der Waals surface area contributed by atoms with E-state index in [4.69, 9.17) is 0 Å². The van der Waals surface area contributed by atoms with Crippen molar-refractivity contribution in [2.24, 2.45) is 0 Å². The number of aliphatic hydroxyl groups excluding tert-OH is 1. The minimum atomic E-state index is -4.48. The number of rotatable bonds is 5. The van der Waals surface area contributed by atoms with Crippen LogP contribution in [-0.2, 0) is 12.7 Å². The molecule has 2 aromatic rings. The molecule has 0 amide bonds. The fraction of sp³-hybridized carbons (Fsp3) is 0.312. The Morgan fingerprint density at radius 2 is 1.83 bits per heavy atom. The maximum atomic E-state index is 12.9. The first kappa shape index (κ1) is 17.4. The zero-order valence-corrected chi connectivity index (χ0v) is 12.3. The van der Waals surface area contributed by atoms with E-state index in [0.29, 0.717) is 5.56 Å². The van der Waals surface area contributed by atoms with Crippen LogP contribution >= 0.6 is 0 Å². The van der Waals surface area contributed by atoms with Crippen molar-refractivity contribution in [1.82, 2.24) is 10.3 Å². The van der Waals surface area contributed by atoms with E-state index in [1.807, 2.05) is 0 Å². The summed E-state index contributed by atoms with van der Waals surface area (Å²) in [4.78, 5) is 3.75. The van der Waals surface area contributed by atoms with Crippen LogP contribution in [0.3, 0.4) is 0 Å². The first-order chi connectivity index (χ1) is 10.8. The molecule has 0 spiro atoms. The Balaban J connectivity index is 2.05. The molecule has 0 aliphatic rings. The molecule has 124 valence electrons. The van der Waals surface area contributed by atoms with Crippen molar-refractivity contribution in [1.29, 1.82) is 0 Å². The number of nitrogens with one attached hydrogen (secondary N) is 1. The Bertz CT molecular complexity index is 643. The number of alkyl halides is 3. The topological polar surface area (TPSA) is 45.2 Å². The van der Waals surface area contributed by atoms with E-state index in [0.717, 1.165) is 6.07 Å². The van der Waals surface area contributed by atoms with E-state index in [9.17, 15) is 22.7 Å². The monoisotopic (exact) mass is 328 g/mol. The molecule has 7 heteroatoms. The van der Waals surface area contributed by atoms with Gasteiger partial charge in [-0.1, -0.05) is 12.1 Å². The molecule has 0 aliphatic carbocycles. The SMILES string of the molecule is CC(NCc1ncccc1C(F)(F)F)C(O)c1ccc(F)cc1. The predicted molar refractivity (Wildman–Crippen MR) is 76.9 cm³/mol. The molecule has 0 radical (unpaired) electrons. The molecule has 2 atom stereocenters. The van der Waals surface area contributed by atoms with Crippen LogP contribution in [0.2, 0.25) is 0 Å². The minimum absolute atomic E-state index is 0.141. The highest BCUT2D eigenvalue weighted by Gasteiger charge is 2.33. The van der Waals surface area contributed by atoms with E-state index in [1.54, 1.807) is 6.92 Å². The molecule has 1 aromatic heterocycles. The van der Waals surface area contributed by atoms with Gasteiger partial charge in [0.25, 0.3) is 0 Å². The van der Waals surface area contributed by atoms with Gasteiger partial charge in [-0.05, 0) is 36.8 Å². The Morgan fingerprint density at radius 1 is 1.17 bits per heavy atom. The van der Waals surface area contributed by atoms with Gasteiger partial charge in [-0.2, -0.15) is 13.2 Å². The van der Waals surface area contributed by atoms with Gasteiger partial charge >= 0.3 is 6.18 Å². The van der Waals surface area contributed by atoms with Crippen molar-refractivity contribution >= 4 is 0 Å². The Hall–Kier alpha value is -1.99. The van der Waals surface area contributed by atoms with Crippen molar-refractivity contribution in [3.63, 3.8) is 0 Å². The van der Waals surface area contributed by atoms with Crippen molar-refractivity contribution in [3.05, 3.63) is 65.2 Å². The van der Waals surface area contributed by atoms with Gasteiger partial charge in [0.1, 0.15) is 5.82 Å². The van der Waals surface area contributed by atoms with Crippen LogP contribution in [0.15, 0.2) is 42.6 Å². The third kappa shape index (κ3) is 4.49. The lowest BCUT2D eigenvalue weighted by atomic mass is 10.0. The summed E-state index contributed by atoms with van der Waals surface area (Å²) in [6, 6.07) is 6.94. The Morgan fingerprint density at radius 3 is 2.43 bits per heavy atom. The summed E-state index contributed by atoms with van der Waals surface area (Å²) in [5.41, 5.74) is -0.474. The number of hydrogen-bond acceptors (Lipinski definition) is 3. The van der Waals surface area contributed by atoms with Gasteiger partial charge in [0, 0.05) is 18.8 Å². The van der Waals surface area contributed by atoms with Gasteiger partial charge in [-0.3, -0.25) is 4.98 Å². The molecular formula is C16H16F4N2O. The number of halogens is 4. The molecule has 2 rings (SSSR count). The van der Waals surface area contributed by atoms with Gasteiger partial charge in [-0.15, -0.1) is 0 Å². The molecule has 2 N–H and O–H groups in total. The second-order valence-electron chi connectivity index (χ2n) is 5.16. The van der Waals surface area contributed by atoms with Crippen LogP contribution in [0.4, 0.5) is 17.6 Å². The summed E-state index contributed by atoms with van der Waals surface area (Å²) < 4.78 is 51.5. The van der Waals surface area contributed by atoms with Gasteiger partial charge in [0.15, 0.2) is 0 Å². The standard InChI is InChI=1S/C16H16F4N2O/c1-10(15(23)11-4-6-12(17)7-5-11)22-9-14-13(16(18,19)20)3-2-8-21-14/h2-8,10,15,22-23H,9H2,1H3. The normalized spacial score (nSPS) is 14.5. The second-order valence-corrected chi connectivity index (χ2v) is 5.16. The quantitative estimate of drug-likeness (QED) is 0.827. The maximum Gasteiger partial charge on any atom is 0.418 e. The zero-order valence-electron chi connectivity index (χ0n) is 12.3. The molecular weight excluding hydrogens is 312 g/mol. The fourth-order valence-electron chi connectivity index (χ4n) is 2.15. The van der Waals surface area contributed by atoms with E-state index >= 15 is 0 Å². The summed E-state index contributed by atoms with van der Waals surface area (Å²) in [6.45, 7) is 1.49. The van der Waals surface area contributed by atoms with Crippen LogP contribution in [-0.4, -0.2) is 16.1 Å². The molecule has 3 nitrogen and oxygen atoms in total. The number of nitrogens with zero attached hydrogens (tertiary/aromatic N) is 1. The van der Waals surface area contributed by atoms with Gasteiger partial charge in [-0.25, -0.2) is 4.39 Å². The van der Waals surface area contributed by atoms with Crippen LogP contribution in [0.5, 0.6) is 0 Å². The lowest BCUT2D eigenvalue weighted by Gasteiger charge is -2.21. The molecule has 0 bridgehead atoms. The van der Waals surface area contributed by atoms with E-state index in [1.165, 1.54) is 36.5 Å². The smallest absolute Gasteiger partial charge is 0.387 e. The number of pyridine rings is 1. The lowest BCUT2D eigenvalue weighted by Crippen LogP contribution is -2.32. The number of aromatic nitrogens is 1. The molecule has 0 saturated heterocycles. The lowest BCUT2D eigenvalue weighted by molar-refractivity contribution is -0.138. The molecule has 23 heavy (non-hydrogen) atoms. The first-order valence-corrected chi connectivity index (χ1v) is 6.97. The van der Waals surface area contributed by atoms with Crippen LogP contribution < -0.4 is 5.32 Å². The molecule has 0 saturated carbocycles. The molecule has 2 unspecified atom stereocenters. The molecule has 0 fully saturated rings. The zero-order chi connectivity index (χ0) is 17.0. The highest BCUT2D eigenvalue weighted by Crippen LogP contribution is 2.31. The van der Waals surface area contributed by atoms with Gasteiger partial charge in [0.2, 0.25) is 0 Å². The third-order valence-electron chi connectivity index (χ3n) is 3.47. The van der Waals surface area contributed by atoms with Crippen molar-refractivity contribution < 1.29 is 22.7 Å². The highest BCUT2D eigenvalue weighted by atomic mass is 19.4. The summed E-state index contributed by atoms with van der Waals surface area (Å²) in [7, 11) is 0. The number of hydrogen-bond donors (Lipinski definition) is 2. The van der Waals surface area contributed by atoms with Gasteiger partial charge in [0.05, 0.1) is 17.4 Å². The van der Waals surface area contributed by atoms with Crippen molar-refractivity contribution in [2.45, 2.75) is 31.8 Å². The Labute approximate surface area is 131 Å². The average Bonchev–Trinajstić information content (AvgIpc) is 2.52. The van der Waals surface area contributed by atoms with Gasteiger partial charge < -0.3 is 10.4 Å². The largest absolute Gasteiger partial charge is 0.418 e. The van der Waals surface area contributed by atoms with Crippen LogP contribution in [0, 0.1) is 5.82 Å². The minimum Gasteiger partial charge on any atom is -0.387 e. The predicted octanol–water partition coefficient (Wildman–Crippen LogP) is 3.45. The fourth-order valence-corrected chi connectivity index (χ4v) is 2.15. The van der Waals surface area contributed by atoms with E-state index in [-0.39, 0.29) is 12.2 Å². The highest BCUT2D eigenvalue weighted by molar-refractivity contribution is 5.23. The number of aliphatic hydroxyl groups is 1. The van der Waals surface area contributed by atoms with E-state index < -0.39 is 29.7 Å². The van der Waals surface area contributed by atoms with Crippen LogP contribution in [0.1, 0.15) is 29.8 Å². The third-order valence-corrected chi connectivity index (χ3v) is 3.47. The number of benzene rings is 1. The maximum absolute atomic E-state index is 12.9. The second kappa shape index (κ2) is 7.06. The molecule has 0 aliphatic heterocycles. The van der Waals surface area contributed by atoms with Crippen molar-refractivity contribution in [3.8, 4) is 0 Å². The van der Waals surface area contributed by atoms with Crippen molar-refractivity contribution in [2.75, 3.05) is 0 Å². The molecule has 1 heterocycles. The average molecular weight is 328 g/mol. The molecule has 1 aromatic carbocycles.